The van der Waals surface area contributed by atoms with Crippen LogP contribution in [-0.2, 0) is 0 Å². The fraction of sp³-hybridized carbons (Fsp3) is 0. The van der Waals surface area contributed by atoms with E-state index in [-0.39, 0.29) is 0 Å². The molecule has 0 bridgehead atoms. The Morgan fingerprint density at radius 1 is 0.524 bits per heavy atom. The molecule has 0 aliphatic rings. The molecule has 0 unspecified atom stereocenters. The van der Waals surface area contributed by atoms with E-state index in [0.717, 1.165) is 27.3 Å². The first-order valence-electron chi connectivity index (χ1n) is 7.03. The van der Waals surface area contributed by atoms with Crippen molar-refractivity contribution in [2.24, 2.45) is 0 Å². The van der Waals surface area contributed by atoms with Crippen LogP contribution in [0.1, 0.15) is 0 Å². The van der Waals surface area contributed by atoms with Gasteiger partial charge in [0.05, 0.1) is 0 Å². The third-order valence-electron chi connectivity index (χ3n) is 3.94. The van der Waals surface area contributed by atoms with Crippen LogP contribution >= 0.6 is 0 Å². The summed E-state index contributed by atoms with van der Waals surface area (Å²) in [7, 11) is 0. The number of hydrogen-bond acceptors (Lipinski definition) is 1. The molecular weight excluding hydrogens is 256 g/mol. The molecule has 0 spiro atoms. The molecule has 0 saturated heterocycles. The molecule has 1 heteroatoms. The van der Waals surface area contributed by atoms with E-state index in [0.29, 0.717) is 5.75 Å². The van der Waals surface area contributed by atoms with Gasteiger partial charge in [0.2, 0.25) is 0 Å². The average Bonchev–Trinajstić information content (AvgIpc) is 2.54. The second-order valence-corrected chi connectivity index (χ2v) is 5.24. The molecule has 0 atom stereocenters. The minimum absolute atomic E-state index is 0.324. The van der Waals surface area contributed by atoms with Gasteiger partial charge in [-0.3, -0.25) is 0 Å². The molecule has 0 fully saturated rings. The van der Waals surface area contributed by atoms with Crippen molar-refractivity contribution >= 4 is 21.5 Å². The smallest absolute Gasteiger partial charge is 0.124 e. The largest absolute Gasteiger partial charge is 0.507 e. The number of benzene rings is 4. The monoisotopic (exact) mass is 270 g/mol. The van der Waals surface area contributed by atoms with Crippen LogP contribution in [0.5, 0.6) is 5.75 Å². The molecule has 100 valence electrons. The third-order valence-corrected chi connectivity index (χ3v) is 3.94. The van der Waals surface area contributed by atoms with Crippen LogP contribution in [0, 0.1) is 0 Å². The second-order valence-electron chi connectivity index (χ2n) is 5.24. The molecule has 1 N–H and O–H groups in total. The highest BCUT2D eigenvalue weighted by Gasteiger charge is 2.09. The van der Waals surface area contributed by atoms with Gasteiger partial charge in [-0.15, -0.1) is 0 Å². The SMILES string of the molecule is Oc1cc2ccccc2cc1-c1cccc2ccccc12. The van der Waals surface area contributed by atoms with Gasteiger partial charge in [-0.2, -0.15) is 0 Å². The number of aromatic hydroxyl groups is 1. The summed E-state index contributed by atoms with van der Waals surface area (Å²) < 4.78 is 0. The molecular formula is C20H14O. The molecule has 4 aromatic rings. The number of rotatable bonds is 1. The van der Waals surface area contributed by atoms with E-state index in [1.54, 1.807) is 0 Å². The number of phenolic OH excluding ortho intramolecular Hbond substituents is 1. The van der Waals surface area contributed by atoms with Crippen molar-refractivity contribution in [2.45, 2.75) is 0 Å². The lowest BCUT2D eigenvalue weighted by Gasteiger charge is -2.10. The van der Waals surface area contributed by atoms with Crippen molar-refractivity contribution in [3.05, 3.63) is 78.9 Å². The normalized spacial score (nSPS) is 11.0. The Morgan fingerprint density at radius 2 is 1.14 bits per heavy atom. The zero-order chi connectivity index (χ0) is 14.2. The average molecular weight is 270 g/mol. The molecule has 0 radical (unpaired) electrons. The lowest BCUT2D eigenvalue weighted by Crippen LogP contribution is -1.83. The van der Waals surface area contributed by atoms with E-state index in [4.69, 9.17) is 0 Å². The topological polar surface area (TPSA) is 20.2 Å². The van der Waals surface area contributed by atoms with Gasteiger partial charge in [0.1, 0.15) is 5.75 Å². The second kappa shape index (κ2) is 4.64. The van der Waals surface area contributed by atoms with Crippen molar-refractivity contribution in [2.75, 3.05) is 0 Å². The molecule has 0 amide bonds. The van der Waals surface area contributed by atoms with Gasteiger partial charge < -0.3 is 5.11 Å². The van der Waals surface area contributed by atoms with Gasteiger partial charge in [-0.25, -0.2) is 0 Å². The van der Waals surface area contributed by atoms with Gasteiger partial charge in [-0.05, 0) is 39.2 Å². The Labute approximate surface area is 123 Å². The Kier molecular flexibility index (Phi) is 2.65. The Hall–Kier alpha value is -2.80. The first-order chi connectivity index (χ1) is 10.3. The van der Waals surface area contributed by atoms with Gasteiger partial charge in [-0.1, -0.05) is 66.7 Å². The first kappa shape index (κ1) is 12.0. The molecule has 21 heavy (non-hydrogen) atoms. The van der Waals surface area contributed by atoms with E-state index in [1.807, 2.05) is 42.5 Å². The van der Waals surface area contributed by atoms with E-state index in [9.17, 15) is 5.11 Å². The summed E-state index contributed by atoms with van der Waals surface area (Å²) in [4.78, 5) is 0. The quantitative estimate of drug-likeness (QED) is 0.493. The van der Waals surface area contributed by atoms with Gasteiger partial charge in [0.25, 0.3) is 0 Å². The molecule has 0 aliphatic carbocycles. The third kappa shape index (κ3) is 1.95. The Balaban J connectivity index is 2.06. The van der Waals surface area contributed by atoms with E-state index in [2.05, 4.69) is 36.4 Å². The highest BCUT2D eigenvalue weighted by atomic mass is 16.3. The molecule has 0 saturated carbocycles. The maximum atomic E-state index is 10.4. The zero-order valence-electron chi connectivity index (χ0n) is 11.5. The maximum absolute atomic E-state index is 10.4. The first-order valence-corrected chi connectivity index (χ1v) is 7.03. The van der Waals surface area contributed by atoms with E-state index in [1.165, 1.54) is 5.39 Å². The van der Waals surface area contributed by atoms with E-state index >= 15 is 0 Å². The Morgan fingerprint density at radius 3 is 1.95 bits per heavy atom. The van der Waals surface area contributed by atoms with Crippen LogP contribution < -0.4 is 0 Å². The van der Waals surface area contributed by atoms with Crippen LogP contribution in [0.4, 0.5) is 0 Å². The summed E-state index contributed by atoms with van der Waals surface area (Å²) >= 11 is 0. The summed E-state index contributed by atoms with van der Waals surface area (Å²) in [6.45, 7) is 0. The van der Waals surface area contributed by atoms with Gasteiger partial charge in [0, 0.05) is 5.56 Å². The maximum Gasteiger partial charge on any atom is 0.124 e. The van der Waals surface area contributed by atoms with Crippen molar-refractivity contribution in [1.29, 1.82) is 0 Å². The predicted molar refractivity (Wildman–Crippen MR) is 88.6 cm³/mol. The number of fused-ring (bicyclic) bond motifs is 2. The fourth-order valence-electron chi connectivity index (χ4n) is 2.90. The molecule has 0 aliphatic heterocycles. The summed E-state index contributed by atoms with van der Waals surface area (Å²) in [5.41, 5.74) is 1.95. The van der Waals surface area contributed by atoms with Gasteiger partial charge in [0.15, 0.2) is 0 Å². The van der Waals surface area contributed by atoms with Crippen molar-refractivity contribution in [3.8, 4) is 16.9 Å². The molecule has 0 aromatic heterocycles. The molecule has 0 heterocycles. The van der Waals surface area contributed by atoms with Crippen LogP contribution in [0.2, 0.25) is 0 Å². The number of phenols is 1. The standard InChI is InChI=1S/C20H14O/c21-20-13-16-8-2-1-7-15(16)12-19(20)18-11-5-9-14-6-3-4-10-17(14)18/h1-13,21H. The molecule has 4 aromatic carbocycles. The van der Waals surface area contributed by atoms with E-state index < -0.39 is 0 Å². The van der Waals surface area contributed by atoms with Gasteiger partial charge >= 0.3 is 0 Å². The highest BCUT2D eigenvalue weighted by molar-refractivity contribution is 6.00. The van der Waals surface area contributed by atoms with Crippen LogP contribution in [0.3, 0.4) is 0 Å². The summed E-state index contributed by atoms with van der Waals surface area (Å²) in [5, 5.41) is 15.0. The predicted octanol–water partition coefficient (Wildman–Crippen LogP) is 5.37. The lowest BCUT2D eigenvalue weighted by molar-refractivity contribution is 0.478. The molecule has 4 rings (SSSR count). The summed E-state index contributed by atoms with van der Waals surface area (Å²) in [6.07, 6.45) is 0. The van der Waals surface area contributed by atoms with Crippen molar-refractivity contribution in [1.82, 2.24) is 0 Å². The van der Waals surface area contributed by atoms with Crippen molar-refractivity contribution in [3.63, 3.8) is 0 Å². The number of hydrogen-bond donors (Lipinski definition) is 1. The van der Waals surface area contributed by atoms with Crippen molar-refractivity contribution < 1.29 is 5.11 Å². The zero-order valence-corrected chi connectivity index (χ0v) is 11.5. The van der Waals surface area contributed by atoms with Crippen LogP contribution in [-0.4, -0.2) is 5.11 Å². The lowest BCUT2D eigenvalue weighted by atomic mass is 9.95. The highest BCUT2D eigenvalue weighted by Crippen LogP contribution is 2.37. The summed E-state index contributed by atoms with van der Waals surface area (Å²) in [5.74, 6) is 0.324. The molecule has 1 nitrogen and oxygen atoms in total. The summed E-state index contributed by atoms with van der Waals surface area (Å²) in [6, 6.07) is 26.4. The minimum Gasteiger partial charge on any atom is -0.507 e. The minimum atomic E-state index is 0.324. The van der Waals surface area contributed by atoms with Crippen LogP contribution in [0.25, 0.3) is 32.7 Å². The van der Waals surface area contributed by atoms with Crippen LogP contribution in [0.15, 0.2) is 78.9 Å². The Bertz CT molecular complexity index is 949. The fourth-order valence-corrected chi connectivity index (χ4v) is 2.90.